The molecule has 18 heavy (non-hydrogen) atoms. The average Bonchev–Trinajstić information content (AvgIpc) is 2.34. The standard InChI is InChI=1S/C14H16N2O2/c1-10-5-4-6-16(14(10)17)9-12-8-13(18-3)7-11(2)15-12/h4-8H,9H2,1-3H3. The molecule has 0 aliphatic rings. The van der Waals surface area contributed by atoms with Gasteiger partial charge in [0.25, 0.3) is 5.56 Å². The summed E-state index contributed by atoms with van der Waals surface area (Å²) in [6.45, 7) is 4.17. The first-order valence-electron chi connectivity index (χ1n) is 5.78. The summed E-state index contributed by atoms with van der Waals surface area (Å²) >= 11 is 0. The Kier molecular flexibility index (Phi) is 3.46. The molecule has 2 heterocycles. The largest absolute Gasteiger partial charge is 0.497 e. The van der Waals surface area contributed by atoms with Crippen molar-refractivity contribution >= 4 is 0 Å². The van der Waals surface area contributed by atoms with Crippen LogP contribution in [0.1, 0.15) is 17.0 Å². The van der Waals surface area contributed by atoms with Gasteiger partial charge in [-0.2, -0.15) is 0 Å². The monoisotopic (exact) mass is 244 g/mol. The van der Waals surface area contributed by atoms with Crippen molar-refractivity contribution in [1.29, 1.82) is 0 Å². The predicted octanol–water partition coefficient (Wildman–Crippen LogP) is 1.92. The highest BCUT2D eigenvalue weighted by molar-refractivity contribution is 5.27. The molecule has 0 atom stereocenters. The zero-order valence-corrected chi connectivity index (χ0v) is 10.8. The highest BCUT2D eigenvalue weighted by atomic mass is 16.5. The second kappa shape index (κ2) is 5.04. The normalized spacial score (nSPS) is 10.4. The van der Waals surface area contributed by atoms with E-state index in [0.717, 1.165) is 22.7 Å². The Balaban J connectivity index is 2.37. The number of aromatic nitrogens is 2. The third-order valence-electron chi connectivity index (χ3n) is 2.76. The van der Waals surface area contributed by atoms with Crippen LogP contribution in [0.4, 0.5) is 0 Å². The Labute approximate surface area is 106 Å². The van der Waals surface area contributed by atoms with Gasteiger partial charge in [-0.3, -0.25) is 9.78 Å². The van der Waals surface area contributed by atoms with E-state index < -0.39 is 0 Å². The van der Waals surface area contributed by atoms with Crippen molar-refractivity contribution in [2.24, 2.45) is 0 Å². The Morgan fingerprint density at radius 2 is 2.11 bits per heavy atom. The van der Waals surface area contributed by atoms with E-state index in [1.54, 1.807) is 17.9 Å². The van der Waals surface area contributed by atoms with Crippen LogP contribution in [0.5, 0.6) is 5.75 Å². The number of rotatable bonds is 3. The van der Waals surface area contributed by atoms with Crippen molar-refractivity contribution in [2.75, 3.05) is 7.11 Å². The maximum absolute atomic E-state index is 11.9. The zero-order valence-electron chi connectivity index (χ0n) is 10.8. The molecule has 4 nitrogen and oxygen atoms in total. The van der Waals surface area contributed by atoms with E-state index in [1.807, 2.05) is 38.1 Å². The lowest BCUT2D eigenvalue weighted by atomic mass is 10.2. The van der Waals surface area contributed by atoms with Crippen molar-refractivity contribution in [3.63, 3.8) is 0 Å². The zero-order chi connectivity index (χ0) is 13.1. The number of pyridine rings is 2. The van der Waals surface area contributed by atoms with Gasteiger partial charge in [-0.05, 0) is 19.9 Å². The number of hydrogen-bond donors (Lipinski definition) is 0. The number of nitrogens with zero attached hydrogens (tertiary/aromatic N) is 2. The third-order valence-corrected chi connectivity index (χ3v) is 2.76. The van der Waals surface area contributed by atoms with Gasteiger partial charge in [-0.1, -0.05) is 6.07 Å². The van der Waals surface area contributed by atoms with Crippen molar-refractivity contribution in [3.05, 3.63) is 57.8 Å². The molecule has 0 saturated heterocycles. The summed E-state index contributed by atoms with van der Waals surface area (Å²) in [6.07, 6.45) is 1.77. The van der Waals surface area contributed by atoms with Crippen LogP contribution in [0.3, 0.4) is 0 Å². The first-order valence-corrected chi connectivity index (χ1v) is 5.78. The van der Waals surface area contributed by atoms with Gasteiger partial charge in [0.05, 0.1) is 19.3 Å². The van der Waals surface area contributed by atoms with E-state index in [0.29, 0.717) is 6.54 Å². The van der Waals surface area contributed by atoms with Gasteiger partial charge in [0.15, 0.2) is 0 Å². The van der Waals surface area contributed by atoms with Gasteiger partial charge in [-0.25, -0.2) is 0 Å². The van der Waals surface area contributed by atoms with Crippen LogP contribution < -0.4 is 10.3 Å². The molecule has 0 spiro atoms. The fourth-order valence-electron chi connectivity index (χ4n) is 1.86. The van der Waals surface area contributed by atoms with Crippen LogP contribution in [-0.2, 0) is 6.54 Å². The second-order valence-corrected chi connectivity index (χ2v) is 4.26. The van der Waals surface area contributed by atoms with Crippen molar-refractivity contribution < 1.29 is 4.74 Å². The molecule has 94 valence electrons. The highest BCUT2D eigenvalue weighted by Gasteiger charge is 2.04. The molecule has 2 aromatic rings. The molecule has 0 amide bonds. The lowest BCUT2D eigenvalue weighted by molar-refractivity contribution is 0.412. The minimum absolute atomic E-state index is 0.0137. The fraction of sp³-hybridized carbons (Fsp3) is 0.286. The summed E-state index contributed by atoms with van der Waals surface area (Å²) in [5, 5.41) is 0. The van der Waals surface area contributed by atoms with Crippen LogP contribution in [0.15, 0.2) is 35.3 Å². The van der Waals surface area contributed by atoms with E-state index in [-0.39, 0.29) is 5.56 Å². The van der Waals surface area contributed by atoms with E-state index >= 15 is 0 Å². The third kappa shape index (κ3) is 2.59. The van der Waals surface area contributed by atoms with Crippen LogP contribution in [0.2, 0.25) is 0 Å². The molecular weight excluding hydrogens is 228 g/mol. The Morgan fingerprint density at radius 1 is 1.33 bits per heavy atom. The molecule has 0 aliphatic heterocycles. The maximum atomic E-state index is 11.9. The van der Waals surface area contributed by atoms with Gasteiger partial charge in [-0.15, -0.1) is 0 Å². The molecule has 0 aromatic carbocycles. The van der Waals surface area contributed by atoms with Crippen LogP contribution >= 0.6 is 0 Å². The van der Waals surface area contributed by atoms with E-state index in [9.17, 15) is 4.79 Å². The van der Waals surface area contributed by atoms with E-state index in [4.69, 9.17) is 4.74 Å². The van der Waals surface area contributed by atoms with Gasteiger partial charge in [0.2, 0.25) is 0 Å². The summed E-state index contributed by atoms with van der Waals surface area (Å²) in [4.78, 5) is 16.3. The van der Waals surface area contributed by atoms with E-state index in [2.05, 4.69) is 4.98 Å². The Morgan fingerprint density at radius 3 is 2.83 bits per heavy atom. The number of ether oxygens (including phenoxy) is 1. The molecule has 0 aliphatic carbocycles. The first kappa shape index (κ1) is 12.4. The molecule has 0 unspecified atom stereocenters. The van der Waals surface area contributed by atoms with Gasteiger partial charge in [0, 0.05) is 29.6 Å². The molecule has 4 heteroatoms. The molecule has 0 bridgehead atoms. The smallest absolute Gasteiger partial charge is 0.253 e. The number of hydrogen-bond acceptors (Lipinski definition) is 3. The Bertz CT molecular complexity index is 617. The Hall–Kier alpha value is -2.10. The maximum Gasteiger partial charge on any atom is 0.253 e. The number of methoxy groups -OCH3 is 1. The molecule has 0 radical (unpaired) electrons. The lowest BCUT2D eigenvalue weighted by Gasteiger charge is -2.08. The molecule has 0 N–H and O–H groups in total. The summed E-state index contributed by atoms with van der Waals surface area (Å²) in [6, 6.07) is 7.39. The SMILES string of the molecule is COc1cc(C)nc(Cn2cccc(C)c2=O)c1. The van der Waals surface area contributed by atoms with Gasteiger partial charge < -0.3 is 9.30 Å². The van der Waals surface area contributed by atoms with E-state index in [1.165, 1.54) is 0 Å². The average molecular weight is 244 g/mol. The fourth-order valence-corrected chi connectivity index (χ4v) is 1.86. The van der Waals surface area contributed by atoms with Crippen LogP contribution in [0, 0.1) is 13.8 Å². The minimum atomic E-state index is 0.0137. The van der Waals surface area contributed by atoms with Crippen molar-refractivity contribution in [1.82, 2.24) is 9.55 Å². The number of aryl methyl sites for hydroxylation is 2. The molecule has 0 fully saturated rings. The van der Waals surface area contributed by atoms with Gasteiger partial charge in [0.1, 0.15) is 5.75 Å². The molecular formula is C14H16N2O2. The van der Waals surface area contributed by atoms with Crippen LogP contribution in [-0.4, -0.2) is 16.7 Å². The molecule has 0 saturated carbocycles. The quantitative estimate of drug-likeness (QED) is 0.828. The second-order valence-electron chi connectivity index (χ2n) is 4.26. The molecule has 2 rings (SSSR count). The van der Waals surface area contributed by atoms with Crippen molar-refractivity contribution in [2.45, 2.75) is 20.4 Å². The molecule has 2 aromatic heterocycles. The summed E-state index contributed by atoms with van der Waals surface area (Å²) in [5.74, 6) is 0.762. The summed E-state index contributed by atoms with van der Waals surface area (Å²) < 4.78 is 6.85. The lowest BCUT2D eigenvalue weighted by Crippen LogP contribution is -2.22. The van der Waals surface area contributed by atoms with Crippen LogP contribution in [0.25, 0.3) is 0 Å². The highest BCUT2D eigenvalue weighted by Crippen LogP contribution is 2.13. The summed E-state index contributed by atoms with van der Waals surface area (Å²) in [5.41, 5.74) is 2.45. The predicted molar refractivity (Wildman–Crippen MR) is 70.1 cm³/mol. The first-order chi connectivity index (χ1) is 8.60. The topological polar surface area (TPSA) is 44.1 Å². The van der Waals surface area contributed by atoms with Crippen molar-refractivity contribution in [3.8, 4) is 5.75 Å². The minimum Gasteiger partial charge on any atom is -0.497 e. The summed E-state index contributed by atoms with van der Waals surface area (Å²) in [7, 11) is 1.62. The van der Waals surface area contributed by atoms with Gasteiger partial charge >= 0.3 is 0 Å².